The fraction of sp³-hybridized carbons (Fsp3) is 0.188. The zero-order valence-electron chi connectivity index (χ0n) is 11.3. The Hall–Kier alpha value is -2.01. The zero-order chi connectivity index (χ0) is 15.3. The topological polar surface area (TPSA) is 51.2 Å². The van der Waals surface area contributed by atoms with Gasteiger partial charge in [0.05, 0.1) is 11.5 Å². The summed E-state index contributed by atoms with van der Waals surface area (Å²) in [7, 11) is -3.34. The van der Waals surface area contributed by atoms with Crippen molar-refractivity contribution in [2.45, 2.75) is 12.2 Å². The maximum atomic E-state index is 12.8. The second-order valence-electron chi connectivity index (χ2n) is 4.76. The first-order valence-electron chi connectivity index (χ1n) is 6.49. The van der Waals surface area contributed by atoms with Crippen molar-refractivity contribution < 1.29 is 17.6 Å². The maximum absolute atomic E-state index is 12.8. The predicted octanol–water partition coefficient (Wildman–Crippen LogP) is 3.01. The highest BCUT2D eigenvalue weighted by atomic mass is 32.2. The standard InChI is InChI=1S/C16H15FO3S/c17-15-8-6-14(7-9-15)16(18)10-11-21(19,20)12-13-4-2-1-3-5-13/h1-9H,10-12H2. The lowest BCUT2D eigenvalue weighted by Gasteiger charge is -2.04. The van der Waals surface area contributed by atoms with Crippen molar-refractivity contribution in [3.05, 3.63) is 71.5 Å². The van der Waals surface area contributed by atoms with Crippen molar-refractivity contribution in [2.24, 2.45) is 0 Å². The van der Waals surface area contributed by atoms with Gasteiger partial charge in [-0.3, -0.25) is 4.79 Å². The van der Waals surface area contributed by atoms with Gasteiger partial charge in [-0.05, 0) is 29.8 Å². The van der Waals surface area contributed by atoms with Crippen LogP contribution >= 0.6 is 0 Å². The van der Waals surface area contributed by atoms with Gasteiger partial charge in [0.25, 0.3) is 0 Å². The van der Waals surface area contributed by atoms with Crippen LogP contribution in [0.1, 0.15) is 22.3 Å². The van der Waals surface area contributed by atoms with Gasteiger partial charge in [0.15, 0.2) is 15.6 Å². The van der Waals surface area contributed by atoms with Gasteiger partial charge in [0.1, 0.15) is 5.82 Å². The molecule has 21 heavy (non-hydrogen) atoms. The maximum Gasteiger partial charge on any atom is 0.163 e. The van der Waals surface area contributed by atoms with Crippen LogP contribution in [0.25, 0.3) is 0 Å². The molecule has 2 aromatic rings. The highest BCUT2D eigenvalue weighted by Gasteiger charge is 2.15. The summed E-state index contributed by atoms with van der Waals surface area (Å²) in [5, 5.41) is 0. The summed E-state index contributed by atoms with van der Waals surface area (Å²) >= 11 is 0. The third kappa shape index (κ3) is 4.79. The molecule has 0 saturated carbocycles. The normalized spacial score (nSPS) is 11.3. The first kappa shape index (κ1) is 15.4. The van der Waals surface area contributed by atoms with Gasteiger partial charge in [0, 0.05) is 12.0 Å². The first-order valence-corrected chi connectivity index (χ1v) is 8.31. The first-order chi connectivity index (χ1) is 9.96. The summed E-state index contributed by atoms with van der Waals surface area (Å²) in [6, 6.07) is 13.9. The molecule has 0 aliphatic rings. The number of rotatable bonds is 6. The van der Waals surface area contributed by atoms with E-state index in [4.69, 9.17) is 0 Å². The number of Topliss-reactive ketones (excluding diaryl/α,β-unsaturated/α-hetero) is 1. The molecule has 0 spiro atoms. The highest BCUT2D eigenvalue weighted by molar-refractivity contribution is 7.90. The van der Waals surface area contributed by atoms with E-state index in [2.05, 4.69) is 0 Å². The van der Waals surface area contributed by atoms with Crippen molar-refractivity contribution >= 4 is 15.6 Å². The molecule has 0 radical (unpaired) electrons. The summed E-state index contributed by atoms with van der Waals surface area (Å²) in [6.45, 7) is 0. The van der Waals surface area contributed by atoms with E-state index in [1.54, 1.807) is 24.3 Å². The van der Waals surface area contributed by atoms with Crippen LogP contribution < -0.4 is 0 Å². The Balaban J connectivity index is 1.95. The van der Waals surface area contributed by atoms with E-state index >= 15 is 0 Å². The van der Waals surface area contributed by atoms with E-state index < -0.39 is 15.7 Å². The molecule has 0 aliphatic carbocycles. The Morgan fingerprint density at radius 1 is 0.952 bits per heavy atom. The molecule has 0 fully saturated rings. The van der Waals surface area contributed by atoms with Crippen molar-refractivity contribution in [3.63, 3.8) is 0 Å². The lowest BCUT2D eigenvalue weighted by molar-refractivity contribution is 0.0988. The molecule has 0 amide bonds. The molecule has 0 bridgehead atoms. The van der Waals surface area contributed by atoms with E-state index in [1.807, 2.05) is 6.07 Å². The minimum absolute atomic E-state index is 0.0788. The number of ketones is 1. The largest absolute Gasteiger partial charge is 0.294 e. The van der Waals surface area contributed by atoms with E-state index in [1.165, 1.54) is 24.3 Å². The van der Waals surface area contributed by atoms with Crippen LogP contribution in [0.3, 0.4) is 0 Å². The lowest BCUT2D eigenvalue weighted by atomic mass is 10.1. The van der Waals surface area contributed by atoms with Crippen LogP contribution in [0.15, 0.2) is 54.6 Å². The van der Waals surface area contributed by atoms with Gasteiger partial charge in [-0.1, -0.05) is 30.3 Å². The Morgan fingerprint density at radius 2 is 1.57 bits per heavy atom. The summed E-state index contributed by atoms with van der Waals surface area (Å²) in [5.41, 5.74) is 1.03. The number of benzene rings is 2. The Bertz CT molecular complexity index is 707. The van der Waals surface area contributed by atoms with Gasteiger partial charge < -0.3 is 0 Å². The smallest absolute Gasteiger partial charge is 0.163 e. The van der Waals surface area contributed by atoms with Crippen LogP contribution in [-0.4, -0.2) is 20.0 Å². The van der Waals surface area contributed by atoms with Crippen molar-refractivity contribution in [1.29, 1.82) is 0 Å². The minimum Gasteiger partial charge on any atom is -0.294 e. The number of halogens is 1. The quantitative estimate of drug-likeness (QED) is 0.771. The molecule has 0 N–H and O–H groups in total. The van der Waals surface area contributed by atoms with Gasteiger partial charge in [0.2, 0.25) is 0 Å². The summed E-state index contributed by atoms with van der Waals surface area (Å²) in [6.07, 6.45) is -0.0964. The SMILES string of the molecule is O=C(CCS(=O)(=O)Cc1ccccc1)c1ccc(F)cc1. The summed E-state index contributed by atoms with van der Waals surface area (Å²) < 4.78 is 36.7. The summed E-state index contributed by atoms with van der Waals surface area (Å²) in [5.74, 6) is -1.02. The Kier molecular flexibility index (Phi) is 4.85. The molecule has 0 saturated heterocycles. The number of sulfone groups is 1. The molecule has 0 atom stereocenters. The highest BCUT2D eigenvalue weighted by Crippen LogP contribution is 2.10. The van der Waals surface area contributed by atoms with Crippen LogP contribution in [-0.2, 0) is 15.6 Å². The molecule has 2 aromatic carbocycles. The minimum atomic E-state index is -3.34. The molecule has 2 rings (SSSR count). The van der Waals surface area contributed by atoms with E-state index in [0.717, 1.165) is 0 Å². The second kappa shape index (κ2) is 6.63. The molecule has 0 unspecified atom stereocenters. The van der Waals surface area contributed by atoms with Crippen molar-refractivity contribution in [2.75, 3.05) is 5.75 Å². The molecule has 0 aromatic heterocycles. The monoisotopic (exact) mass is 306 g/mol. The number of carbonyl (C=O) groups excluding carboxylic acids is 1. The third-order valence-electron chi connectivity index (χ3n) is 3.04. The number of hydrogen-bond donors (Lipinski definition) is 0. The second-order valence-corrected chi connectivity index (χ2v) is 6.94. The average Bonchev–Trinajstić information content (AvgIpc) is 2.46. The van der Waals surface area contributed by atoms with Crippen LogP contribution in [0, 0.1) is 5.82 Å². The van der Waals surface area contributed by atoms with E-state index in [0.29, 0.717) is 11.1 Å². The van der Waals surface area contributed by atoms with Crippen LogP contribution in [0.5, 0.6) is 0 Å². The fourth-order valence-corrected chi connectivity index (χ4v) is 3.27. The van der Waals surface area contributed by atoms with Crippen molar-refractivity contribution in [1.82, 2.24) is 0 Å². The number of carbonyl (C=O) groups is 1. The molecule has 5 heteroatoms. The Labute approximate surface area is 123 Å². The molecule has 0 aliphatic heterocycles. The predicted molar refractivity (Wildman–Crippen MR) is 79.3 cm³/mol. The van der Waals surface area contributed by atoms with Crippen LogP contribution in [0.4, 0.5) is 4.39 Å². The lowest BCUT2D eigenvalue weighted by Crippen LogP contribution is -2.13. The molecule has 110 valence electrons. The van der Waals surface area contributed by atoms with E-state index in [-0.39, 0.29) is 23.7 Å². The fourth-order valence-electron chi connectivity index (χ4n) is 1.93. The molecule has 0 heterocycles. The van der Waals surface area contributed by atoms with Crippen molar-refractivity contribution in [3.8, 4) is 0 Å². The Morgan fingerprint density at radius 3 is 2.19 bits per heavy atom. The zero-order valence-corrected chi connectivity index (χ0v) is 12.1. The van der Waals surface area contributed by atoms with Gasteiger partial charge in [-0.2, -0.15) is 0 Å². The summed E-state index contributed by atoms with van der Waals surface area (Å²) in [4.78, 5) is 11.9. The average molecular weight is 306 g/mol. The van der Waals surface area contributed by atoms with Crippen LogP contribution in [0.2, 0.25) is 0 Å². The molecular weight excluding hydrogens is 291 g/mol. The molecule has 3 nitrogen and oxygen atoms in total. The van der Waals surface area contributed by atoms with Gasteiger partial charge in [-0.25, -0.2) is 12.8 Å². The van der Waals surface area contributed by atoms with E-state index in [9.17, 15) is 17.6 Å². The van der Waals surface area contributed by atoms with Gasteiger partial charge >= 0.3 is 0 Å². The number of hydrogen-bond acceptors (Lipinski definition) is 3. The third-order valence-corrected chi connectivity index (χ3v) is 4.64. The molecular formula is C16H15FO3S. The van der Waals surface area contributed by atoms with Gasteiger partial charge in [-0.15, -0.1) is 0 Å².